The lowest BCUT2D eigenvalue weighted by atomic mass is 10.1. The van der Waals surface area contributed by atoms with Crippen LogP contribution >= 0.6 is 11.6 Å². The molecule has 0 bridgehead atoms. The van der Waals surface area contributed by atoms with Crippen LogP contribution in [0.5, 0.6) is 0 Å². The number of rotatable bonds is 3. The third-order valence-corrected chi connectivity index (χ3v) is 2.31. The van der Waals surface area contributed by atoms with Crippen molar-refractivity contribution in [1.29, 1.82) is 0 Å². The largest absolute Gasteiger partial charge is 0.481 e. The lowest BCUT2D eigenvalue weighted by Crippen LogP contribution is -2.01. The minimum absolute atomic E-state index is 0.158. The Morgan fingerprint density at radius 3 is 2.62 bits per heavy atom. The van der Waals surface area contributed by atoms with Crippen LogP contribution in [0.4, 0.5) is 0 Å². The quantitative estimate of drug-likeness (QED) is 0.853. The Morgan fingerprint density at radius 1 is 1.31 bits per heavy atom. The van der Waals surface area contributed by atoms with Crippen LogP contribution in [0.1, 0.15) is 5.69 Å². The molecule has 1 aromatic heterocycles. The van der Waals surface area contributed by atoms with Crippen molar-refractivity contribution >= 4 is 17.6 Å². The number of nitrogens with zero attached hydrogens (tertiary/aromatic N) is 2. The van der Waals surface area contributed by atoms with Gasteiger partial charge in [-0.25, -0.2) is 0 Å². The second-order valence-corrected chi connectivity index (χ2v) is 3.63. The van der Waals surface area contributed by atoms with Gasteiger partial charge in [0.05, 0.1) is 6.42 Å². The molecule has 1 aromatic carbocycles. The average Bonchev–Trinajstić information content (AvgIpc) is 2.66. The summed E-state index contributed by atoms with van der Waals surface area (Å²) in [6.07, 6.45) is -0.158. The van der Waals surface area contributed by atoms with E-state index in [4.69, 9.17) is 16.7 Å². The third-order valence-electron chi connectivity index (χ3n) is 2.06. The van der Waals surface area contributed by atoms with Crippen molar-refractivity contribution in [1.82, 2.24) is 15.4 Å². The monoisotopic (exact) mass is 237 g/mol. The summed E-state index contributed by atoms with van der Waals surface area (Å²) < 4.78 is 0. The van der Waals surface area contributed by atoms with Crippen LogP contribution in [0.15, 0.2) is 24.3 Å². The first kappa shape index (κ1) is 10.6. The second-order valence-electron chi connectivity index (χ2n) is 3.20. The lowest BCUT2D eigenvalue weighted by Gasteiger charge is -1.98. The van der Waals surface area contributed by atoms with Gasteiger partial charge in [-0.05, 0) is 12.1 Å². The van der Waals surface area contributed by atoms with Crippen molar-refractivity contribution in [2.45, 2.75) is 6.42 Å². The summed E-state index contributed by atoms with van der Waals surface area (Å²) in [4.78, 5) is 10.6. The Morgan fingerprint density at radius 2 is 2.00 bits per heavy atom. The number of aromatic nitrogens is 3. The van der Waals surface area contributed by atoms with Crippen LogP contribution in [0.2, 0.25) is 5.02 Å². The Bertz CT molecular complexity index is 507. The minimum atomic E-state index is -0.941. The van der Waals surface area contributed by atoms with E-state index in [0.717, 1.165) is 5.56 Å². The van der Waals surface area contributed by atoms with Crippen LogP contribution in [0.3, 0.4) is 0 Å². The summed E-state index contributed by atoms with van der Waals surface area (Å²) in [5, 5.41) is 19.5. The minimum Gasteiger partial charge on any atom is -0.481 e. The maximum atomic E-state index is 10.6. The van der Waals surface area contributed by atoms with Gasteiger partial charge in [-0.2, -0.15) is 15.4 Å². The smallest absolute Gasteiger partial charge is 0.309 e. The molecule has 1 heterocycles. The molecule has 6 heteroatoms. The molecule has 5 nitrogen and oxygen atoms in total. The van der Waals surface area contributed by atoms with E-state index in [0.29, 0.717) is 16.4 Å². The zero-order valence-corrected chi connectivity index (χ0v) is 8.90. The second kappa shape index (κ2) is 4.32. The van der Waals surface area contributed by atoms with Crippen LogP contribution in [-0.2, 0) is 11.2 Å². The Balaban J connectivity index is 2.36. The number of hydrogen-bond donors (Lipinski definition) is 2. The van der Waals surface area contributed by atoms with Crippen molar-refractivity contribution in [3.63, 3.8) is 0 Å². The number of hydrogen-bond acceptors (Lipinski definition) is 3. The Kier molecular flexibility index (Phi) is 2.87. The normalized spacial score (nSPS) is 10.3. The molecule has 0 amide bonds. The van der Waals surface area contributed by atoms with Gasteiger partial charge in [0.15, 0.2) is 0 Å². The van der Waals surface area contributed by atoms with Gasteiger partial charge in [0.1, 0.15) is 11.4 Å². The number of aromatic amines is 1. The van der Waals surface area contributed by atoms with Crippen LogP contribution in [0.25, 0.3) is 11.3 Å². The fraction of sp³-hybridized carbons (Fsp3) is 0.100. The third kappa shape index (κ3) is 2.20. The first-order valence-electron chi connectivity index (χ1n) is 4.54. The molecule has 2 aromatic rings. The highest BCUT2D eigenvalue weighted by atomic mass is 35.5. The number of benzene rings is 1. The van der Waals surface area contributed by atoms with E-state index in [1.54, 1.807) is 24.3 Å². The van der Waals surface area contributed by atoms with Crippen molar-refractivity contribution in [3.8, 4) is 11.3 Å². The van der Waals surface area contributed by atoms with Gasteiger partial charge in [0.25, 0.3) is 0 Å². The van der Waals surface area contributed by atoms with Gasteiger partial charge in [-0.3, -0.25) is 4.79 Å². The Hall–Kier alpha value is -1.88. The number of carbonyl (C=O) groups is 1. The molecule has 0 spiro atoms. The number of nitrogens with one attached hydrogen (secondary N) is 1. The van der Waals surface area contributed by atoms with Gasteiger partial charge in [-0.15, -0.1) is 0 Å². The zero-order valence-electron chi connectivity index (χ0n) is 8.14. The summed E-state index contributed by atoms with van der Waals surface area (Å²) in [6, 6.07) is 6.98. The number of carboxylic acid groups (broad SMARTS) is 1. The molecule has 82 valence electrons. The van der Waals surface area contributed by atoms with E-state index in [1.165, 1.54) is 0 Å². The molecule has 2 N–H and O–H groups in total. The molecule has 0 unspecified atom stereocenters. The highest BCUT2D eigenvalue weighted by Crippen LogP contribution is 2.21. The van der Waals surface area contributed by atoms with E-state index in [2.05, 4.69) is 15.4 Å². The van der Waals surface area contributed by atoms with Crippen LogP contribution < -0.4 is 0 Å². The molecule has 16 heavy (non-hydrogen) atoms. The number of halogens is 1. The number of carboxylic acids is 1. The molecule has 0 atom stereocenters. The molecule has 0 aliphatic rings. The standard InChI is InChI=1S/C10H8ClN3O2/c11-7-3-1-6(2-4-7)10-8(5-9(15)16)12-14-13-10/h1-4H,5H2,(H,15,16)(H,12,13,14). The molecular formula is C10H8ClN3O2. The number of aliphatic carboxylic acids is 1. The molecule has 0 saturated heterocycles. The fourth-order valence-electron chi connectivity index (χ4n) is 1.36. The summed E-state index contributed by atoms with van der Waals surface area (Å²) in [6.45, 7) is 0. The predicted octanol–water partition coefficient (Wildman–Crippen LogP) is 1.75. The van der Waals surface area contributed by atoms with Crippen LogP contribution in [0, 0.1) is 0 Å². The maximum absolute atomic E-state index is 10.6. The van der Waals surface area contributed by atoms with Gasteiger partial charge < -0.3 is 5.11 Å². The van der Waals surface area contributed by atoms with Gasteiger partial charge in [0.2, 0.25) is 0 Å². The summed E-state index contributed by atoms with van der Waals surface area (Å²) >= 11 is 5.76. The molecule has 0 aliphatic heterocycles. The average molecular weight is 238 g/mol. The van der Waals surface area contributed by atoms with Crippen LogP contribution in [-0.4, -0.2) is 26.5 Å². The number of H-pyrrole nitrogens is 1. The highest BCUT2D eigenvalue weighted by Gasteiger charge is 2.12. The summed E-state index contributed by atoms with van der Waals surface area (Å²) in [7, 11) is 0. The zero-order chi connectivity index (χ0) is 11.5. The van der Waals surface area contributed by atoms with Crippen molar-refractivity contribution in [2.24, 2.45) is 0 Å². The first-order chi connectivity index (χ1) is 7.66. The molecule has 0 aliphatic carbocycles. The van der Waals surface area contributed by atoms with E-state index in [-0.39, 0.29) is 6.42 Å². The molecule has 0 fully saturated rings. The van der Waals surface area contributed by atoms with Gasteiger partial charge in [0, 0.05) is 10.6 Å². The van der Waals surface area contributed by atoms with Gasteiger partial charge in [-0.1, -0.05) is 23.7 Å². The van der Waals surface area contributed by atoms with E-state index in [9.17, 15) is 4.79 Å². The van der Waals surface area contributed by atoms with Crippen molar-refractivity contribution < 1.29 is 9.90 Å². The summed E-state index contributed by atoms with van der Waals surface area (Å²) in [5.41, 5.74) is 1.74. The van der Waals surface area contributed by atoms with Crippen molar-refractivity contribution in [2.75, 3.05) is 0 Å². The molecular weight excluding hydrogens is 230 g/mol. The molecule has 2 rings (SSSR count). The van der Waals surface area contributed by atoms with E-state index < -0.39 is 5.97 Å². The molecule has 0 saturated carbocycles. The summed E-state index contributed by atoms with van der Waals surface area (Å²) in [5.74, 6) is -0.941. The van der Waals surface area contributed by atoms with Gasteiger partial charge >= 0.3 is 5.97 Å². The van der Waals surface area contributed by atoms with E-state index >= 15 is 0 Å². The van der Waals surface area contributed by atoms with E-state index in [1.807, 2.05) is 0 Å². The Labute approximate surface area is 96.1 Å². The lowest BCUT2D eigenvalue weighted by molar-refractivity contribution is -0.136. The maximum Gasteiger partial charge on any atom is 0.309 e. The molecule has 0 radical (unpaired) electrons. The SMILES string of the molecule is O=C(O)Cc1n[nH]nc1-c1ccc(Cl)cc1. The van der Waals surface area contributed by atoms with Crippen molar-refractivity contribution in [3.05, 3.63) is 35.0 Å². The highest BCUT2D eigenvalue weighted by molar-refractivity contribution is 6.30. The predicted molar refractivity (Wildman–Crippen MR) is 58.2 cm³/mol. The fourth-order valence-corrected chi connectivity index (χ4v) is 1.48. The first-order valence-corrected chi connectivity index (χ1v) is 4.92. The topological polar surface area (TPSA) is 78.9 Å².